The molecule has 0 bridgehead atoms. The first-order valence-electron chi connectivity index (χ1n) is 8.67. The Kier molecular flexibility index (Phi) is 5.16. The van der Waals surface area contributed by atoms with Crippen LogP contribution in [0, 0.1) is 0 Å². The number of amides is 1. The van der Waals surface area contributed by atoms with E-state index in [1.807, 2.05) is 22.9 Å². The van der Waals surface area contributed by atoms with E-state index in [9.17, 15) is 9.59 Å². The van der Waals surface area contributed by atoms with Crippen LogP contribution in [0.1, 0.15) is 48.5 Å². The Hall–Kier alpha value is -2.63. The lowest BCUT2D eigenvalue weighted by molar-refractivity contribution is -0.150. The first-order chi connectivity index (χ1) is 12.1. The Bertz CT molecular complexity index is 717. The van der Waals surface area contributed by atoms with Crippen LogP contribution in [0.2, 0.25) is 0 Å². The summed E-state index contributed by atoms with van der Waals surface area (Å²) in [4.78, 5) is 28.9. The SMILES string of the molecule is CCOC(=O)C1(NC(=O)c2ccc(Cn3ccnc3)cc2)CCCC1. The molecule has 132 valence electrons. The van der Waals surface area contributed by atoms with E-state index in [1.54, 1.807) is 31.6 Å². The summed E-state index contributed by atoms with van der Waals surface area (Å²) in [7, 11) is 0. The summed E-state index contributed by atoms with van der Waals surface area (Å²) in [6.07, 6.45) is 8.49. The minimum Gasteiger partial charge on any atom is -0.464 e. The molecule has 1 aromatic heterocycles. The molecule has 1 amide bonds. The van der Waals surface area contributed by atoms with Crippen LogP contribution in [-0.2, 0) is 16.1 Å². The lowest BCUT2D eigenvalue weighted by Gasteiger charge is -2.27. The fourth-order valence-electron chi connectivity index (χ4n) is 3.27. The van der Waals surface area contributed by atoms with Gasteiger partial charge in [-0.15, -0.1) is 0 Å². The smallest absolute Gasteiger partial charge is 0.331 e. The molecular formula is C19H23N3O3. The number of aromatic nitrogens is 2. The Balaban J connectivity index is 1.68. The summed E-state index contributed by atoms with van der Waals surface area (Å²) in [5.74, 6) is -0.554. The van der Waals surface area contributed by atoms with Crippen LogP contribution in [0.3, 0.4) is 0 Å². The van der Waals surface area contributed by atoms with Crippen molar-refractivity contribution in [2.24, 2.45) is 0 Å². The molecule has 1 aliphatic rings. The van der Waals surface area contributed by atoms with Gasteiger partial charge in [-0.25, -0.2) is 9.78 Å². The number of esters is 1. The molecule has 1 N–H and O–H groups in total. The molecule has 0 aliphatic heterocycles. The molecule has 0 radical (unpaired) electrons. The van der Waals surface area contributed by atoms with Gasteiger partial charge in [-0.2, -0.15) is 0 Å². The second kappa shape index (κ2) is 7.51. The first-order valence-corrected chi connectivity index (χ1v) is 8.67. The topological polar surface area (TPSA) is 73.2 Å². The van der Waals surface area contributed by atoms with Crippen molar-refractivity contribution in [3.63, 3.8) is 0 Å². The maximum Gasteiger partial charge on any atom is 0.331 e. The molecule has 0 spiro atoms. The zero-order valence-corrected chi connectivity index (χ0v) is 14.4. The minimum atomic E-state index is -0.872. The molecule has 25 heavy (non-hydrogen) atoms. The van der Waals surface area contributed by atoms with Crippen molar-refractivity contribution in [2.75, 3.05) is 6.61 Å². The molecule has 1 fully saturated rings. The predicted octanol–water partition coefficient (Wildman–Crippen LogP) is 2.54. The summed E-state index contributed by atoms with van der Waals surface area (Å²) < 4.78 is 7.14. The molecule has 1 saturated carbocycles. The summed E-state index contributed by atoms with van der Waals surface area (Å²) in [6, 6.07) is 7.41. The van der Waals surface area contributed by atoms with Crippen LogP contribution in [0.5, 0.6) is 0 Å². The molecule has 6 nitrogen and oxygen atoms in total. The van der Waals surface area contributed by atoms with Gasteiger partial charge < -0.3 is 14.6 Å². The summed E-state index contributed by atoms with van der Waals surface area (Å²) in [6.45, 7) is 2.80. The van der Waals surface area contributed by atoms with Crippen molar-refractivity contribution >= 4 is 11.9 Å². The number of nitrogens with one attached hydrogen (secondary N) is 1. The maximum atomic E-state index is 12.6. The van der Waals surface area contributed by atoms with E-state index in [4.69, 9.17) is 4.74 Å². The number of nitrogens with zero attached hydrogens (tertiary/aromatic N) is 2. The van der Waals surface area contributed by atoms with Crippen molar-refractivity contribution in [1.82, 2.24) is 14.9 Å². The van der Waals surface area contributed by atoms with Gasteiger partial charge in [0, 0.05) is 24.5 Å². The highest BCUT2D eigenvalue weighted by molar-refractivity contribution is 5.98. The van der Waals surface area contributed by atoms with E-state index >= 15 is 0 Å². The highest BCUT2D eigenvalue weighted by Crippen LogP contribution is 2.31. The van der Waals surface area contributed by atoms with Gasteiger partial charge in [-0.1, -0.05) is 25.0 Å². The third kappa shape index (κ3) is 3.90. The zero-order chi connectivity index (χ0) is 17.7. The van der Waals surface area contributed by atoms with Gasteiger partial charge in [-0.05, 0) is 37.5 Å². The van der Waals surface area contributed by atoms with Crippen LogP contribution in [-0.4, -0.2) is 33.6 Å². The number of benzene rings is 1. The maximum absolute atomic E-state index is 12.6. The first kappa shape index (κ1) is 17.2. The van der Waals surface area contributed by atoms with Crippen LogP contribution < -0.4 is 5.32 Å². The summed E-state index contributed by atoms with van der Waals surface area (Å²) >= 11 is 0. The number of imidazole rings is 1. The zero-order valence-electron chi connectivity index (χ0n) is 14.4. The average Bonchev–Trinajstić information content (AvgIpc) is 3.28. The Morgan fingerprint density at radius 1 is 1.24 bits per heavy atom. The van der Waals surface area contributed by atoms with Gasteiger partial charge in [-0.3, -0.25) is 4.79 Å². The Morgan fingerprint density at radius 3 is 2.56 bits per heavy atom. The number of hydrogen-bond donors (Lipinski definition) is 1. The van der Waals surface area contributed by atoms with Crippen LogP contribution >= 0.6 is 0 Å². The number of carbonyl (C=O) groups is 2. The summed E-state index contributed by atoms with van der Waals surface area (Å²) in [5.41, 5.74) is 0.753. The highest BCUT2D eigenvalue weighted by atomic mass is 16.5. The number of hydrogen-bond acceptors (Lipinski definition) is 4. The standard InChI is InChI=1S/C19H23N3O3/c1-2-25-18(24)19(9-3-4-10-19)21-17(23)16-7-5-15(6-8-16)13-22-12-11-20-14-22/h5-8,11-12,14H,2-4,9-10,13H2,1H3,(H,21,23). The molecule has 1 aromatic carbocycles. The fraction of sp³-hybridized carbons (Fsp3) is 0.421. The van der Waals surface area contributed by atoms with Crippen LogP contribution in [0.4, 0.5) is 0 Å². The van der Waals surface area contributed by atoms with Crippen molar-refractivity contribution in [3.05, 3.63) is 54.1 Å². The molecule has 0 atom stereocenters. The molecule has 2 aromatic rings. The second-order valence-corrected chi connectivity index (χ2v) is 6.40. The van der Waals surface area contributed by atoms with Gasteiger partial charge in [0.15, 0.2) is 0 Å². The molecule has 1 aliphatic carbocycles. The highest BCUT2D eigenvalue weighted by Gasteiger charge is 2.43. The van der Waals surface area contributed by atoms with Crippen molar-refractivity contribution in [2.45, 2.75) is 44.7 Å². The van der Waals surface area contributed by atoms with E-state index in [0.717, 1.165) is 18.4 Å². The van der Waals surface area contributed by atoms with Gasteiger partial charge in [0.2, 0.25) is 0 Å². The molecule has 0 unspecified atom stereocenters. The van der Waals surface area contributed by atoms with Gasteiger partial charge in [0.05, 0.1) is 12.9 Å². The molecular weight excluding hydrogens is 318 g/mol. The van der Waals surface area contributed by atoms with Crippen LogP contribution in [0.25, 0.3) is 0 Å². The monoisotopic (exact) mass is 341 g/mol. The Morgan fingerprint density at radius 2 is 1.96 bits per heavy atom. The quantitative estimate of drug-likeness (QED) is 0.820. The largest absolute Gasteiger partial charge is 0.464 e. The normalized spacial score (nSPS) is 15.7. The molecule has 6 heteroatoms. The van der Waals surface area contributed by atoms with Crippen LogP contribution in [0.15, 0.2) is 43.0 Å². The Labute approximate surface area is 147 Å². The van der Waals surface area contributed by atoms with E-state index in [2.05, 4.69) is 10.3 Å². The summed E-state index contributed by atoms with van der Waals surface area (Å²) in [5, 5.41) is 2.93. The van der Waals surface area contributed by atoms with Crippen molar-refractivity contribution in [3.8, 4) is 0 Å². The van der Waals surface area contributed by atoms with Crippen molar-refractivity contribution in [1.29, 1.82) is 0 Å². The lowest BCUT2D eigenvalue weighted by atomic mass is 9.97. The fourth-order valence-corrected chi connectivity index (χ4v) is 3.27. The van der Waals surface area contributed by atoms with Gasteiger partial charge in [0.25, 0.3) is 5.91 Å². The molecule has 1 heterocycles. The molecule has 0 saturated heterocycles. The second-order valence-electron chi connectivity index (χ2n) is 6.40. The predicted molar refractivity (Wildman–Crippen MR) is 93.1 cm³/mol. The van der Waals surface area contributed by atoms with E-state index in [0.29, 0.717) is 31.6 Å². The average molecular weight is 341 g/mol. The van der Waals surface area contributed by atoms with E-state index in [1.165, 1.54) is 0 Å². The molecule has 3 rings (SSSR count). The van der Waals surface area contributed by atoms with Gasteiger partial charge in [0.1, 0.15) is 5.54 Å². The number of rotatable bonds is 6. The number of ether oxygens (including phenoxy) is 1. The van der Waals surface area contributed by atoms with Gasteiger partial charge >= 0.3 is 5.97 Å². The van der Waals surface area contributed by atoms with Crippen molar-refractivity contribution < 1.29 is 14.3 Å². The van der Waals surface area contributed by atoms with E-state index in [-0.39, 0.29) is 11.9 Å². The number of carbonyl (C=O) groups excluding carboxylic acids is 2. The lowest BCUT2D eigenvalue weighted by Crippen LogP contribution is -2.53. The van der Waals surface area contributed by atoms with E-state index < -0.39 is 5.54 Å². The minimum absolute atomic E-state index is 0.232. The third-order valence-corrected chi connectivity index (χ3v) is 4.62. The third-order valence-electron chi connectivity index (χ3n) is 4.62.